The second kappa shape index (κ2) is 9.85. The fraction of sp³-hybridized carbons (Fsp3) is 0.286. The van der Waals surface area contributed by atoms with Gasteiger partial charge in [0.15, 0.2) is 23.0 Å². The number of aliphatic hydroxyl groups is 4. The normalized spacial score (nSPS) is 25.6. The summed E-state index contributed by atoms with van der Waals surface area (Å²) < 4.78 is 15.6. The Morgan fingerprint density at radius 3 is 2.34 bits per heavy atom. The van der Waals surface area contributed by atoms with Crippen LogP contribution in [0.3, 0.4) is 0 Å². The summed E-state index contributed by atoms with van der Waals surface area (Å²) in [4.78, 5) is 12.0. The van der Waals surface area contributed by atoms with Crippen molar-refractivity contribution in [3.8, 4) is 28.7 Å². The number of carbonyl (C=O) groups excluding carboxylic acids is 1. The minimum absolute atomic E-state index is 0.0353. The first-order chi connectivity index (χ1) is 15.2. The van der Waals surface area contributed by atoms with Crippen LogP contribution >= 0.6 is 0 Å². The number of rotatable bonds is 6. The quantitative estimate of drug-likeness (QED) is 0.131. The van der Waals surface area contributed by atoms with E-state index >= 15 is 0 Å². The Bertz CT molecular complexity index is 988. The third kappa shape index (κ3) is 5.28. The zero-order valence-corrected chi connectivity index (χ0v) is 16.5. The first-order valence-corrected chi connectivity index (χ1v) is 9.41. The molecule has 0 bridgehead atoms. The zero-order valence-electron chi connectivity index (χ0n) is 16.5. The highest BCUT2D eigenvalue weighted by molar-refractivity contribution is 5.88. The van der Waals surface area contributed by atoms with Crippen LogP contribution in [-0.4, -0.2) is 79.0 Å². The predicted molar refractivity (Wildman–Crippen MR) is 107 cm³/mol. The molecule has 0 saturated carbocycles. The topological polar surface area (TPSA) is 186 Å². The first-order valence-electron chi connectivity index (χ1n) is 9.41. The average Bonchev–Trinajstić information content (AvgIpc) is 2.76. The van der Waals surface area contributed by atoms with Crippen LogP contribution in [0.2, 0.25) is 0 Å². The lowest BCUT2D eigenvalue weighted by atomic mass is 9.99. The smallest absolute Gasteiger partial charge is 0.336 e. The number of aliphatic hydroxyl groups excluding tert-OH is 4. The van der Waals surface area contributed by atoms with Gasteiger partial charge in [0, 0.05) is 12.1 Å². The van der Waals surface area contributed by atoms with E-state index in [1.165, 1.54) is 36.4 Å². The van der Waals surface area contributed by atoms with Gasteiger partial charge in [0.05, 0.1) is 6.61 Å². The average molecular weight is 450 g/mol. The van der Waals surface area contributed by atoms with E-state index in [-0.39, 0.29) is 23.0 Å². The van der Waals surface area contributed by atoms with E-state index in [9.17, 15) is 40.5 Å². The van der Waals surface area contributed by atoms with Crippen molar-refractivity contribution in [3.63, 3.8) is 0 Å². The lowest BCUT2D eigenvalue weighted by molar-refractivity contribution is -0.277. The molecule has 1 saturated heterocycles. The van der Waals surface area contributed by atoms with Crippen LogP contribution in [0.25, 0.3) is 6.08 Å². The van der Waals surface area contributed by atoms with E-state index < -0.39 is 49.0 Å². The van der Waals surface area contributed by atoms with E-state index in [4.69, 9.17) is 14.2 Å². The van der Waals surface area contributed by atoms with Crippen LogP contribution in [0, 0.1) is 0 Å². The molecule has 0 unspecified atom stereocenters. The molecule has 1 fully saturated rings. The Balaban J connectivity index is 1.64. The lowest BCUT2D eigenvalue weighted by Crippen LogP contribution is -2.60. The van der Waals surface area contributed by atoms with Crippen LogP contribution in [-0.2, 0) is 9.53 Å². The van der Waals surface area contributed by atoms with E-state index in [0.717, 1.165) is 12.1 Å². The van der Waals surface area contributed by atoms with E-state index in [1.807, 2.05) is 0 Å². The molecule has 32 heavy (non-hydrogen) atoms. The van der Waals surface area contributed by atoms with Crippen LogP contribution in [0.15, 0.2) is 42.5 Å². The fourth-order valence-electron chi connectivity index (χ4n) is 2.91. The maximum Gasteiger partial charge on any atom is 0.336 e. The van der Waals surface area contributed by atoms with Crippen LogP contribution in [0.4, 0.5) is 0 Å². The van der Waals surface area contributed by atoms with Crippen molar-refractivity contribution in [2.45, 2.75) is 30.7 Å². The molecule has 0 aliphatic carbocycles. The van der Waals surface area contributed by atoms with Crippen molar-refractivity contribution in [2.75, 3.05) is 6.61 Å². The van der Waals surface area contributed by atoms with Crippen molar-refractivity contribution < 1.29 is 54.8 Å². The number of hydrogen-bond donors (Lipinski definition) is 7. The highest BCUT2D eigenvalue weighted by Crippen LogP contribution is 2.33. The van der Waals surface area contributed by atoms with Crippen molar-refractivity contribution in [1.82, 2.24) is 0 Å². The van der Waals surface area contributed by atoms with Gasteiger partial charge in [0.2, 0.25) is 6.29 Å². The van der Waals surface area contributed by atoms with Gasteiger partial charge in [-0.3, -0.25) is 0 Å². The van der Waals surface area contributed by atoms with Gasteiger partial charge in [-0.05, 0) is 35.9 Å². The summed E-state index contributed by atoms with van der Waals surface area (Å²) in [7, 11) is 0. The van der Waals surface area contributed by atoms with Gasteiger partial charge in [0.1, 0.15) is 30.2 Å². The Hall–Kier alpha value is -3.35. The number of phenolic OH excluding ortho intramolecular Hbond substituents is 3. The van der Waals surface area contributed by atoms with Crippen LogP contribution < -0.4 is 9.47 Å². The number of ether oxygens (including phenoxy) is 3. The molecule has 11 heteroatoms. The molecule has 0 spiro atoms. The molecular weight excluding hydrogens is 428 g/mol. The SMILES string of the molecule is O=C(/C=C/c1ccc(O)c(O)c1)Oc1ccc(O[C@@H]2O[C@H](CO)[C@@H](O)[C@H](O)[C@H]2O)c(O)c1. The van der Waals surface area contributed by atoms with Gasteiger partial charge in [0.25, 0.3) is 0 Å². The molecule has 11 nitrogen and oxygen atoms in total. The summed E-state index contributed by atoms with van der Waals surface area (Å²) in [6.45, 7) is -0.636. The molecule has 2 aromatic rings. The number of aromatic hydroxyl groups is 3. The Kier molecular flexibility index (Phi) is 7.18. The van der Waals surface area contributed by atoms with Gasteiger partial charge in [-0.15, -0.1) is 0 Å². The number of carbonyl (C=O) groups is 1. The molecule has 1 aliphatic rings. The molecule has 1 heterocycles. The van der Waals surface area contributed by atoms with Crippen molar-refractivity contribution >= 4 is 12.0 Å². The standard InChI is InChI=1S/C21H22O11/c22-9-16-18(27)19(28)20(29)21(32-16)31-15-5-3-11(8-14(15)25)30-17(26)6-2-10-1-4-12(23)13(24)7-10/h1-8,16,18-25,27-29H,9H2/b6-2+/t16-,18-,19+,20-,21-/m1/s1. The maximum absolute atomic E-state index is 12.0. The Morgan fingerprint density at radius 2 is 1.69 bits per heavy atom. The molecule has 3 rings (SSSR count). The van der Waals surface area contributed by atoms with Gasteiger partial charge in [-0.25, -0.2) is 4.79 Å². The minimum Gasteiger partial charge on any atom is -0.504 e. The van der Waals surface area contributed by atoms with E-state index in [0.29, 0.717) is 5.56 Å². The molecule has 1 aliphatic heterocycles. The summed E-state index contributed by atoms with van der Waals surface area (Å²) in [5, 5.41) is 67.6. The Morgan fingerprint density at radius 1 is 0.938 bits per heavy atom. The fourth-order valence-corrected chi connectivity index (χ4v) is 2.91. The molecule has 7 N–H and O–H groups in total. The largest absolute Gasteiger partial charge is 0.504 e. The third-order valence-corrected chi connectivity index (χ3v) is 4.65. The third-order valence-electron chi connectivity index (χ3n) is 4.65. The number of esters is 1. The highest BCUT2D eigenvalue weighted by atomic mass is 16.7. The summed E-state index contributed by atoms with van der Waals surface area (Å²) in [5.74, 6) is -2.12. The van der Waals surface area contributed by atoms with Crippen molar-refractivity contribution in [2.24, 2.45) is 0 Å². The number of benzene rings is 2. The maximum atomic E-state index is 12.0. The van der Waals surface area contributed by atoms with Crippen LogP contribution in [0.5, 0.6) is 28.7 Å². The monoisotopic (exact) mass is 450 g/mol. The second-order valence-corrected chi connectivity index (χ2v) is 6.95. The Labute approximate surface area is 181 Å². The van der Waals surface area contributed by atoms with Gasteiger partial charge < -0.3 is 50.0 Å². The lowest BCUT2D eigenvalue weighted by Gasteiger charge is -2.39. The highest BCUT2D eigenvalue weighted by Gasteiger charge is 2.44. The molecule has 172 valence electrons. The minimum atomic E-state index is -1.66. The molecular formula is C21H22O11. The molecule has 2 aromatic carbocycles. The van der Waals surface area contributed by atoms with Gasteiger partial charge >= 0.3 is 5.97 Å². The number of hydrogen-bond acceptors (Lipinski definition) is 11. The summed E-state index contributed by atoms with van der Waals surface area (Å²) in [5.41, 5.74) is 0.434. The molecule has 0 amide bonds. The molecule has 0 aromatic heterocycles. The van der Waals surface area contributed by atoms with Crippen molar-refractivity contribution in [1.29, 1.82) is 0 Å². The summed E-state index contributed by atoms with van der Waals surface area (Å²) in [6, 6.07) is 7.55. The van der Waals surface area contributed by atoms with Crippen molar-refractivity contribution in [3.05, 3.63) is 48.0 Å². The zero-order chi connectivity index (χ0) is 23.4. The van der Waals surface area contributed by atoms with E-state index in [1.54, 1.807) is 0 Å². The van der Waals surface area contributed by atoms with Gasteiger partial charge in [-0.1, -0.05) is 6.07 Å². The molecule has 0 radical (unpaired) electrons. The predicted octanol–water partition coefficient (Wildman–Crippen LogP) is -0.399. The van der Waals surface area contributed by atoms with Gasteiger partial charge in [-0.2, -0.15) is 0 Å². The summed E-state index contributed by atoms with van der Waals surface area (Å²) >= 11 is 0. The van der Waals surface area contributed by atoms with Crippen LogP contribution in [0.1, 0.15) is 5.56 Å². The second-order valence-electron chi connectivity index (χ2n) is 6.95. The van der Waals surface area contributed by atoms with E-state index in [2.05, 4.69) is 0 Å². The first kappa shape index (κ1) is 23.3. The summed E-state index contributed by atoms with van der Waals surface area (Å²) in [6.07, 6.45) is -5.11. The number of phenols is 3. The molecule has 5 atom stereocenters.